The van der Waals surface area contributed by atoms with Gasteiger partial charge in [-0.15, -0.1) is 24.0 Å². The topological polar surface area (TPSA) is 39.7 Å². The molecular formula is C18H27F4IN4. The van der Waals surface area contributed by atoms with Crippen LogP contribution >= 0.6 is 24.0 Å². The lowest BCUT2D eigenvalue weighted by atomic mass is 10.1. The zero-order chi connectivity index (χ0) is 19.2. The molecule has 2 N–H and O–H groups in total. The van der Waals surface area contributed by atoms with Crippen LogP contribution in [0, 0.1) is 18.7 Å². The lowest BCUT2D eigenvalue weighted by Crippen LogP contribution is -2.41. The minimum Gasteiger partial charge on any atom is -0.356 e. The zero-order valence-electron chi connectivity index (χ0n) is 15.6. The second-order valence-corrected chi connectivity index (χ2v) is 6.71. The lowest BCUT2D eigenvalue weighted by Gasteiger charge is -2.18. The molecule has 2 rings (SSSR count). The van der Waals surface area contributed by atoms with E-state index in [-0.39, 0.29) is 35.7 Å². The second-order valence-electron chi connectivity index (χ2n) is 6.71. The van der Waals surface area contributed by atoms with E-state index in [1.54, 1.807) is 13.1 Å². The van der Waals surface area contributed by atoms with E-state index in [4.69, 9.17) is 0 Å². The van der Waals surface area contributed by atoms with Crippen molar-refractivity contribution in [3.8, 4) is 0 Å². The third kappa shape index (κ3) is 8.63. The molecule has 1 aliphatic rings. The van der Waals surface area contributed by atoms with Gasteiger partial charge in [0.1, 0.15) is 5.82 Å². The first-order chi connectivity index (χ1) is 12.3. The van der Waals surface area contributed by atoms with Crippen LogP contribution in [0.15, 0.2) is 23.2 Å². The van der Waals surface area contributed by atoms with Crippen molar-refractivity contribution in [1.82, 2.24) is 15.5 Å². The van der Waals surface area contributed by atoms with Gasteiger partial charge in [0.25, 0.3) is 0 Å². The molecule has 1 saturated heterocycles. The largest absolute Gasteiger partial charge is 0.401 e. The number of likely N-dealkylation sites (tertiary alicyclic amines) is 1. The van der Waals surface area contributed by atoms with Crippen molar-refractivity contribution >= 4 is 29.9 Å². The van der Waals surface area contributed by atoms with E-state index >= 15 is 0 Å². The number of halogens is 5. The molecule has 1 fully saturated rings. The Hall–Kier alpha value is -1.10. The van der Waals surface area contributed by atoms with Crippen LogP contribution in [-0.2, 0) is 6.42 Å². The van der Waals surface area contributed by atoms with E-state index < -0.39 is 12.7 Å². The average Bonchev–Trinajstić information content (AvgIpc) is 2.98. The van der Waals surface area contributed by atoms with E-state index in [1.165, 1.54) is 17.0 Å². The number of guanidine groups is 1. The molecule has 1 aromatic rings. The van der Waals surface area contributed by atoms with Crippen molar-refractivity contribution in [2.75, 3.05) is 39.8 Å². The maximum atomic E-state index is 13.1. The van der Waals surface area contributed by atoms with Crippen LogP contribution in [0.2, 0.25) is 0 Å². The Bertz CT molecular complexity index is 622. The molecule has 1 aromatic carbocycles. The van der Waals surface area contributed by atoms with E-state index in [1.807, 2.05) is 6.92 Å². The average molecular weight is 502 g/mol. The van der Waals surface area contributed by atoms with Crippen molar-refractivity contribution in [2.45, 2.75) is 25.9 Å². The third-order valence-corrected chi connectivity index (χ3v) is 4.55. The molecule has 154 valence electrons. The second kappa shape index (κ2) is 11.0. The Morgan fingerprint density at radius 3 is 2.67 bits per heavy atom. The minimum atomic E-state index is -4.14. The fourth-order valence-electron chi connectivity index (χ4n) is 3.19. The summed E-state index contributed by atoms with van der Waals surface area (Å²) in [4.78, 5) is 5.58. The third-order valence-electron chi connectivity index (χ3n) is 4.55. The molecule has 1 aliphatic heterocycles. The molecule has 0 saturated carbocycles. The highest BCUT2D eigenvalue weighted by Gasteiger charge is 2.34. The van der Waals surface area contributed by atoms with Gasteiger partial charge in [0.05, 0.1) is 6.54 Å². The predicted octanol–water partition coefficient (Wildman–Crippen LogP) is 3.34. The molecule has 0 aromatic heterocycles. The van der Waals surface area contributed by atoms with E-state index in [2.05, 4.69) is 15.6 Å². The number of nitrogens with zero attached hydrogens (tertiary/aromatic N) is 2. The fraction of sp³-hybridized carbons (Fsp3) is 0.611. The molecule has 0 aliphatic carbocycles. The summed E-state index contributed by atoms with van der Waals surface area (Å²) >= 11 is 0. The molecule has 4 nitrogen and oxygen atoms in total. The van der Waals surface area contributed by atoms with Crippen molar-refractivity contribution in [2.24, 2.45) is 10.9 Å². The highest BCUT2D eigenvalue weighted by Crippen LogP contribution is 2.22. The number of alkyl halides is 3. The Morgan fingerprint density at radius 1 is 1.30 bits per heavy atom. The summed E-state index contributed by atoms with van der Waals surface area (Å²) in [6.45, 7) is 3.17. The monoisotopic (exact) mass is 502 g/mol. The molecule has 1 heterocycles. The van der Waals surface area contributed by atoms with Gasteiger partial charge < -0.3 is 10.6 Å². The van der Waals surface area contributed by atoms with Crippen LogP contribution in [0.1, 0.15) is 17.5 Å². The summed E-state index contributed by atoms with van der Waals surface area (Å²) in [5, 5.41) is 6.36. The lowest BCUT2D eigenvalue weighted by molar-refractivity contribution is -0.143. The highest BCUT2D eigenvalue weighted by atomic mass is 127. The van der Waals surface area contributed by atoms with Crippen LogP contribution in [0.4, 0.5) is 17.6 Å². The molecule has 0 amide bonds. The zero-order valence-corrected chi connectivity index (χ0v) is 17.9. The number of benzene rings is 1. The molecule has 0 spiro atoms. The van der Waals surface area contributed by atoms with Crippen LogP contribution in [0.25, 0.3) is 0 Å². The molecule has 0 radical (unpaired) electrons. The van der Waals surface area contributed by atoms with E-state index in [0.717, 1.165) is 24.0 Å². The summed E-state index contributed by atoms with van der Waals surface area (Å²) in [5.41, 5.74) is 1.97. The standard InChI is InChI=1S/C18H26F4N4.HI/c1-13-9-16(19)4-3-15(13)5-7-24-17(23-2)25-10-14-6-8-26(11-14)12-18(20,21)22;/h3-4,9,14H,5-8,10-12H2,1-2H3,(H2,23,24,25);1H. The van der Waals surface area contributed by atoms with Gasteiger partial charge in [-0.05, 0) is 55.5 Å². The van der Waals surface area contributed by atoms with Gasteiger partial charge in [-0.1, -0.05) is 6.07 Å². The smallest absolute Gasteiger partial charge is 0.356 e. The van der Waals surface area contributed by atoms with Gasteiger partial charge in [0.2, 0.25) is 0 Å². The van der Waals surface area contributed by atoms with Crippen LogP contribution in [0.3, 0.4) is 0 Å². The van der Waals surface area contributed by atoms with Gasteiger partial charge in [-0.3, -0.25) is 9.89 Å². The Morgan fingerprint density at radius 2 is 2.04 bits per heavy atom. The first-order valence-corrected chi connectivity index (χ1v) is 8.75. The fourth-order valence-corrected chi connectivity index (χ4v) is 3.19. The van der Waals surface area contributed by atoms with Crippen LogP contribution < -0.4 is 10.6 Å². The molecule has 1 atom stereocenters. The summed E-state index contributed by atoms with van der Waals surface area (Å²) in [6, 6.07) is 4.73. The van der Waals surface area contributed by atoms with Crippen molar-refractivity contribution in [3.05, 3.63) is 35.1 Å². The number of nitrogens with one attached hydrogen (secondary N) is 2. The maximum Gasteiger partial charge on any atom is 0.401 e. The van der Waals surface area contributed by atoms with Gasteiger partial charge >= 0.3 is 6.18 Å². The highest BCUT2D eigenvalue weighted by molar-refractivity contribution is 14.0. The minimum absolute atomic E-state index is 0. The number of hydrogen-bond donors (Lipinski definition) is 2. The van der Waals surface area contributed by atoms with E-state index in [0.29, 0.717) is 32.1 Å². The van der Waals surface area contributed by atoms with Gasteiger partial charge in [-0.2, -0.15) is 13.2 Å². The van der Waals surface area contributed by atoms with Crippen molar-refractivity contribution in [1.29, 1.82) is 0 Å². The SMILES string of the molecule is CN=C(NCCc1ccc(F)cc1C)NCC1CCN(CC(F)(F)F)C1.I. The van der Waals surface area contributed by atoms with Gasteiger partial charge in [-0.25, -0.2) is 4.39 Å². The normalized spacial score (nSPS) is 18.3. The van der Waals surface area contributed by atoms with E-state index in [9.17, 15) is 17.6 Å². The quantitative estimate of drug-likeness (QED) is 0.272. The van der Waals surface area contributed by atoms with Gasteiger partial charge in [0.15, 0.2) is 5.96 Å². The van der Waals surface area contributed by atoms with Crippen LogP contribution in [-0.4, -0.2) is 56.8 Å². The Labute approximate surface area is 174 Å². The number of rotatable bonds is 6. The number of aliphatic imine (C=N–C) groups is 1. The van der Waals surface area contributed by atoms with Crippen LogP contribution in [0.5, 0.6) is 0 Å². The predicted molar refractivity (Wildman–Crippen MR) is 110 cm³/mol. The maximum absolute atomic E-state index is 13.1. The first-order valence-electron chi connectivity index (χ1n) is 8.75. The first kappa shape index (κ1) is 23.9. The van der Waals surface area contributed by atoms with Gasteiger partial charge in [0, 0.05) is 26.7 Å². The summed E-state index contributed by atoms with van der Waals surface area (Å²) in [6.07, 6.45) is -2.66. The van der Waals surface area contributed by atoms with Crippen molar-refractivity contribution in [3.63, 3.8) is 0 Å². The van der Waals surface area contributed by atoms with Crippen molar-refractivity contribution < 1.29 is 17.6 Å². The summed E-state index contributed by atoms with van der Waals surface area (Å²) in [5.74, 6) is 0.557. The Balaban J connectivity index is 0.00000364. The molecule has 1 unspecified atom stereocenters. The molecule has 27 heavy (non-hydrogen) atoms. The number of hydrogen-bond acceptors (Lipinski definition) is 2. The summed E-state index contributed by atoms with van der Waals surface area (Å²) in [7, 11) is 1.66. The molecular weight excluding hydrogens is 475 g/mol. The Kier molecular flexibility index (Phi) is 9.78. The molecule has 9 heteroatoms. The summed E-state index contributed by atoms with van der Waals surface area (Å²) < 4.78 is 50.4. The molecule has 0 bridgehead atoms. The number of aryl methyl sites for hydroxylation is 1.